The number of aliphatic hydroxyl groups excluding tert-OH is 1. The van der Waals surface area contributed by atoms with Crippen LogP contribution in [0.2, 0.25) is 0 Å². The molecule has 0 saturated carbocycles. The van der Waals surface area contributed by atoms with Crippen LogP contribution in [0.1, 0.15) is 25.0 Å². The van der Waals surface area contributed by atoms with Crippen LogP contribution in [0.3, 0.4) is 0 Å². The minimum absolute atomic E-state index is 0.374. The maximum Gasteiger partial charge on any atom is 0.0698 e. The minimum atomic E-state index is -0.374. The molecule has 0 radical (unpaired) electrons. The van der Waals surface area contributed by atoms with Gasteiger partial charge >= 0.3 is 0 Å². The predicted molar refractivity (Wildman–Crippen MR) is 56.5 cm³/mol. The lowest BCUT2D eigenvalue weighted by atomic mass is 10.0. The Balaban J connectivity index is 2.89. The van der Waals surface area contributed by atoms with Gasteiger partial charge in [0.2, 0.25) is 0 Å². The van der Waals surface area contributed by atoms with Crippen molar-refractivity contribution in [3.05, 3.63) is 41.5 Å². The highest BCUT2D eigenvalue weighted by Gasteiger charge is 1.96. The number of allylic oxidation sites excluding steroid dienone is 1. The zero-order valence-electron chi connectivity index (χ0n) is 8.41. The van der Waals surface area contributed by atoms with Crippen molar-refractivity contribution >= 4 is 5.57 Å². The smallest absolute Gasteiger partial charge is 0.0698 e. The number of hydrogen-bond donors (Lipinski definition) is 1. The molecule has 1 nitrogen and oxygen atoms in total. The molecule has 0 aromatic heterocycles. The summed E-state index contributed by atoms with van der Waals surface area (Å²) in [6.45, 7) is 5.84. The molecule has 1 aromatic carbocycles. The van der Waals surface area contributed by atoms with Crippen LogP contribution in [-0.2, 0) is 0 Å². The van der Waals surface area contributed by atoms with Crippen molar-refractivity contribution in [1.82, 2.24) is 0 Å². The first kappa shape index (κ1) is 10.0. The third kappa shape index (κ3) is 3.03. The van der Waals surface area contributed by atoms with Crippen LogP contribution in [0.25, 0.3) is 5.57 Å². The van der Waals surface area contributed by atoms with E-state index in [-0.39, 0.29) is 6.10 Å². The third-order valence-electron chi connectivity index (χ3n) is 2.00. The molecule has 1 rings (SSSR count). The molecule has 0 spiro atoms. The van der Waals surface area contributed by atoms with E-state index in [2.05, 4.69) is 31.2 Å². The molecule has 0 bridgehead atoms. The Morgan fingerprint density at radius 1 is 1.31 bits per heavy atom. The molecule has 0 fully saturated rings. The first-order chi connectivity index (χ1) is 6.09. The van der Waals surface area contributed by atoms with E-state index in [1.165, 1.54) is 11.1 Å². The van der Waals surface area contributed by atoms with Crippen molar-refractivity contribution in [2.45, 2.75) is 26.9 Å². The molecule has 0 aliphatic carbocycles. The molecule has 1 N–H and O–H groups in total. The van der Waals surface area contributed by atoms with E-state index in [1.807, 2.05) is 13.0 Å². The Morgan fingerprint density at radius 3 is 2.31 bits per heavy atom. The van der Waals surface area contributed by atoms with Gasteiger partial charge in [-0.3, -0.25) is 0 Å². The summed E-state index contributed by atoms with van der Waals surface area (Å²) in [5.41, 5.74) is 3.55. The first-order valence-corrected chi connectivity index (χ1v) is 4.53. The summed E-state index contributed by atoms with van der Waals surface area (Å²) in [4.78, 5) is 0. The standard InChI is InChI=1S/C12H16O/c1-9-4-6-12(7-5-9)10(2)8-11(3)13/h4-8,11,13H,1-3H3/b10-8-. The van der Waals surface area contributed by atoms with Crippen molar-refractivity contribution < 1.29 is 5.11 Å². The lowest BCUT2D eigenvalue weighted by Gasteiger charge is -2.03. The van der Waals surface area contributed by atoms with Crippen molar-refractivity contribution in [1.29, 1.82) is 0 Å². The lowest BCUT2D eigenvalue weighted by Crippen LogP contribution is -1.94. The molecule has 1 unspecified atom stereocenters. The normalized spacial score (nSPS) is 14.3. The zero-order valence-corrected chi connectivity index (χ0v) is 8.41. The van der Waals surface area contributed by atoms with Gasteiger partial charge in [0.05, 0.1) is 6.10 Å². The SMILES string of the molecule is C/C(=C/C(C)O)c1ccc(C)cc1. The van der Waals surface area contributed by atoms with Crippen molar-refractivity contribution in [3.63, 3.8) is 0 Å². The number of benzene rings is 1. The average molecular weight is 176 g/mol. The van der Waals surface area contributed by atoms with E-state index in [0.717, 1.165) is 5.57 Å². The van der Waals surface area contributed by atoms with E-state index in [0.29, 0.717) is 0 Å². The first-order valence-electron chi connectivity index (χ1n) is 4.53. The fourth-order valence-corrected chi connectivity index (χ4v) is 1.27. The fraction of sp³-hybridized carbons (Fsp3) is 0.333. The van der Waals surface area contributed by atoms with Gasteiger partial charge < -0.3 is 5.11 Å². The summed E-state index contributed by atoms with van der Waals surface area (Å²) in [7, 11) is 0. The Bertz CT molecular complexity index is 293. The van der Waals surface area contributed by atoms with E-state index in [9.17, 15) is 0 Å². The van der Waals surface area contributed by atoms with Gasteiger partial charge in [0, 0.05) is 0 Å². The highest BCUT2D eigenvalue weighted by molar-refractivity contribution is 5.64. The molecule has 70 valence electrons. The molecule has 1 atom stereocenters. The van der Waals surface area contributed by atoms with Crippen molar-refractivity contribution in [2.24, 2.45) is 0 Å². The van der Waals surface area contributed by atoms with Gasteiger partial charge in [-0.15, -0.1) is 0 Å². The van der Waals surface area contributed by atoms with Crippen LogP contribution >= 0.6 is 0 Å². The maximum absolute atomic E-state index is 9.16. The van der Waals surface area contributed by atoms with Gasteiger partial charge in [-0.05, 0) is 31.9 Å². The molecular weight excluding hydrogens is 160 g/mol. The van der Waals surface area contributed by atoms with Gasteiger partial charge in [-0.25, -0.2) is 0 Å². The van der Waals surface area contributed by atoms with E-state index in [4.69, 9.17) is 5.11 Å². The fourth-order valence-electron chi connectivity index (χ4n) is 1.27. The van der Waals surface area contributed by atoms with Crippen LogP contribution in [0.15, 0.2) is 30.3 Å². The topological polar surface area (TPSA) is 20.2 Å². The monoisotopic (exact) mass is 176 g/mol. The maximum atomic E-state index is 9.16. The summed E-state index contributed by atoms with van der Waals surface area (Å²) < 4.78 is 0. The lowest BCUT2D eigenvalue weighted by molar-refractivity contribution is 0.244. The number of hydrogen-bond acceptors (Lipinski definition) is 1. The van der Waals surface area contributed by atoms with Gasteiger partial charge in [0.25, 0.3) is 0 Å². The Hall–Kier alpha value is -1.08. The number of rotatable bonds is 2. The molecule has 1 aromatic rings. The van der Waals surface area contributed by atoms with Crippen molar-refractivity contribution in [3.8, 4) is 0 Å². The number of aliphatic hydroxyl groups is 1. The number of aryl methyl sites for hydroxylation is 1. The molecule has 0 saturated heterocycles. The summed E-state index contributed by atoms with van der Waals surface area (Å²) in [5.74, 6) is 0. The van der Waals surface area contributed by atoms with E-state index < -0.39 is 0 Å². The van der Waals surface area contributed by atoms with Crippen LogP contribution in [0, 0.1) is 6.92 Å². The minimum Gasteiger partial charge on any atom is -0.389 e. The quantitative estimate of drug-likeness (QED) is 0.734. The summed E-state index contributed by atoms with van der Waals surface area (Å²) >= 11 is 0. The molecule has 1 heteroatoms. The van der Waals surface area contributed by atoms with Gasteiger partial charge in [-0.1, -0.05) is 35.9 Å². The summed E-state index contributed by atoms with van der Waals surface area (Å²) in [5, 5.41) is 9.16. The van der Waals surface area contributed by atoms with Crippen molar-refractivity contribution in [2.75, 3.05) is 0 Å². The zero-order chi connectivity index (χ0) is 9.84. The van der Waals surface area contributed by atoms with E-state index in [1.54, 1.807) is 6.92 Å². The van der Waals surface area contributed by atoms with Crippen LogP contribution in [-0.4, -0.2) is 11.2 Å². The highest BCUT2D eigenvalue weighted by Crippen LogP contribution is 2.14. The second-order valence-electron chi connectivity index (χ2n) is 3.46. The molecule has 0 amide bonds. The predicted octanol–water partition coefficient (Wildman–Crippen LogP) is 2.78. The van der Waals surface area contributed by atoms with Gasteiger partial charge in [-0.2, -0.15) is 0 Å². The Labute approximate surface area is 79.7 Å². The second-order valence-corrected chi connectivity index (χ2v) is 3.46. The second kappa shape index (κ2) is 4.24. The molecule has 0 aliphatic rings. The Kier molecular flexibility index (Phi) is 3.26. The summed E-state index contributed by atoms with van der Waals surface area (Å²) in [6, 6.07) is 8.30. The van der Waals surface area contributed by atoms with Crippen LogP contribution in [0.4, 0.5) is 0 Å². The van der Waals surface area contributed by atoms with Crippen LogP contribution in [0.5, 0.6) is 0 Å². The Morgan fingerprint density at radius 2 is 1.85 bits per heavy atom. The molecule has 0 heterocycles. The molecule has 0 aliphatic heterocycles. The van der Waals surface area contributed by atoms with E-state index >= 15 is 0 Å². The van der Waals surface area contributed by atoms with Gasteiger partial charge in [0.15, 0.2) is 0 Å². The largest absolute Gasteiger partial charge is 0.389 e. The average Bonchev–Trinajstić information content (AvgIpc) is 2.04. The van der Waals surface area contributed by atoms with Gasteiger partial charge in [0.1, 0.15) is 0 Å². The van der Waals surface area contributed by atoms with Crippen LogP contribution < -0.4 is 0 Å². The highest BCUT2D eigenvalue weighted by atomic mass is 16.3. The summed E-state index contributed by atoms with van der Waals surface area (Å²) in [6.07, 6.45) is 1.48. The third-order valence-corrected chi connectivity index (χ3v) is 2.00. The molecule has 13 heavy (non-hydrogen) atoms. The molecular formula is C12H16O.